The van der Waals surface area contributed by atoms with Gasteiger partial charge in [-0.15, -0.1) is 0 Å². The van der Waals surface area contributed by atoms with E-state index in [1.165, 1.54) is 23.0 Å². The van der Waals surface area contributed by atoms with Crippen molar-refractivity contribution in [2.75, 3.05) is 11.9 Å². The fourth-order valence-electron chi connectivity index (χ4n) is 2.66. The molecule has 150 valence electrons. The fraction of sp³-hybridized carbons (Fsp3) is 0.190. The first kappa shape index (κ1) is 20.2. The van der Waals surface area contributed by atoms with Crippen molar-refractivity contribution in [1.82, 2.24) is 15.1 Å². The van der Waals surface area contributed by atoms with Gasteiger partial charge in [0.05, 0.1) is 12.6 Å². The van der Waals surface area contributed by atoms with E-state index in [0.717, 1.165) is 0 Å². The first-order valence-electron chi connectivity index (χ1n) is 9.15. The lowest BCUT2D eigenvalue weighted by Crippen LogP contribution is -2.36. The topological polar surface area (TPSA) is 96.3 Å². The molecule has 0 bridgehead atoms. The number of nitrogens with zero attached hydrogens (tertiary/aromatic N) is 2. The Hall–Kier alpha value is -3.52. The number of carbonyl (C=O) groups is 2. The van der Waals surface area contributed by atoms with Crippen molar-refractivity contribution in [1.29, 1.82) is 0 Å². The van der Waals surface area contributed by atoms with Crippen molar-refractivity contribution in [2.45, 2.75) is 19.4 Å². The Balaban J connectivity index is 1.66. The highest BCUT2D eigenvalue weighted by Gasteiger charge is 2.14. The number of carbonyl (C=O) groups excluding carboxylic acids is 2. The first-order valence-corrected chi connectivity index (χ1v) is 9.15. The number of amides is 2. The van der Waals surface area contributed by atoms with Gasteiger partial charge in [0.15, 0.2) is 5.69 Å². The number of anilines is 1. The maximum Gasteiger partial charge on any atom is 0.276 e. The molecule has 2 aromatic carbocycles. The summed E-state index contributed by atoms with van der Waals surface area (Å²) in [6, 6.07) is 13.7. The molecule has 0 unspecified atom stereocenters. The van der Waals surface area contributed by atoms with Crippen LogP contribution >= 0.6 is 0 Å². The molecule has 3 aromatic rings. The molecular formula is C21H21FN4O3. The second kappa shape index (κ2) is 9.11. The Kier molecular flexibility index (Phi) is 6.36. The highest BCUT2D eigenvalue weighted by molar-refractivity contribution is 6.03. The number of hydrogen-bond acceptors (Lipinski definition) is 4. The number of benzene rings is 2. The van der Waals surface area contributed by atoms with Gasteiger partial charge in [-0.1, -0.05) is 19.1 Å². The predicted molar refractivity (Wildman–Crippen MR) is 107 cm³/mol. The molecule has 2 amide bonds. The second-order valence-electron chi connectivity index (χ2n) is 6.39. The maximum absolute atomic E-state index is 13.9. The summed E-state index contributed by atoms with van der Waals surface area (Å²) in [5, 5.41) is 18.7. The van der Waals surface area contributed by atoms with Crippen molar-refractivity contribution in [3.05, 3.63) is 77.9 Å². The quantitative estimate of drug-likeness (QED) is 0.572. The van der Waals surface area contributed by atoms with E-state index in [-0.39, 0.29) is 29.9 Å². The van der Waals surface area contributed by atoms with E-state index in [9.17, 15) is 19.1 Å². The molecule has 0 aliphatic rings. The Bertz CT molecular complexity index is 997. The number of aliphatic hydroxyl groups excluding tert-OH is 1. The van der Waals surface area contributed by atoms with Crippen LogP contribution in [0.25, 0.3) is 5.69 Å². The lowest BCUT2D eigenvalue weighted by Gasteiger charge is -2.14. The lowest BCUT2D eigenvalue weighted by molar-refractivity contribution is 0.0914. The van der Waals surface area contributed by atoms with Crippen LogP contribution < -0.4 is 10.6 Å². The summed E-state index contributed by atoms with van der Waals surface area (Å²) >= 11 is 0. The minimum atomic E-state index is -0.455. The Labute approximate surface area is 167 Å². The third kappa shape index (κ3) is 4.85. The summed E-state index contributed by atoms with van der Waals surface area (Å²) in [4.78, 5) is 24.5. The number of rotatable bonds is 7. The van der Waals surface area contributed by atoms with Crippen LogP contribution in [0.1, 0.15) is 34.2 Å². The zero-order valence-electron chi connectivity index (χ0n) is 15.8. The highest BCUT2D eigenvalue weighted by Crippen LogP contribution is 2.14. The third-order valence-corrected chi connectivity index (χ3v) is 4.37. The fourth-order valence-corrected chi connectivity index (χ4v) is 2.66. The molecule has 0 radical (unpaired) electrons. The van der Waals surface area contributed by atoms with Crippen LogP contribution in [0.5, 0.6) is 0 Å². The Morgan fingerprint density at radius 2 is 1.83 bits per heavy atom. The average molecular weight is 396 g/mol. The average Bonchev–Trinajstić information content (AvgIpc) is 3.23. The summed E-state index contributed by atoms with van der Waals surface area (Å²) in [6.45, 7) is 1.74. The molecular weight excluding hydrogens is 375 g/mol. The molecule has 29 heavy (non-hydrogen) atoms. The summed E-state index contributed by atoms with van der Waals surface area (Å²) < 4.78 is 15.1. The van der Waals surface area contributed by atoms with Gasteiger partial charge in [0, 0.05) is 17.4 Å². The van der Waals surface area contributed by atoms with E-state index >= 15 is 0 Å². The van der Waals surface area contributed by atoms with Gasteiger partial charge in [0.1, 0.15) is 11.5 Å². The molecule has 8 heteroatoms. The van der Waals surface area contributed by atoms with Gasteiger partial charge in [0.2, 0.25) is 0 Å². The summed E-state index contributed by atoms with van der Waals surface area (Å²) in [6.07, 6.45) is 2.13. The maximum atomic E-state index is 13.9. The molecule has 1 aromatic heterocycles. The van der Waals surface area contributed by atoms with E-state index in [1.54, 1.807) is 42.5 Å². The minimum Gasteiger partial charge on any atom is -0.394 e. The number of para-hydroxylation sites is 1. The van der Waals surface area contributed by atoms with E-state index in [2.05, 4.69) is 15.7 Å². The van der Waals surface area contributed by atoms with Gasteiger partial charge < -0.3 is 15.7 Å². The van der Waals surface area contributed by atoms with Crippen LogP contribution in [0.15, 0.2) is 60.8 Å². The molecule has 0 aliphatic carbocycles. The van der Waals surface area contributed by atoms with E-state index in [4.69, 9.17) is 0 Å². The molecule has 0 aliphatic heterocycles. The zero-order chi connectivity index (χ0) is 20.8. The molecule has 0 saturated carbocycles. The van der Waals surface area contributed by atoms with Crippen molar-refractivity contribution in [3.63, 3.8) is 0 Å². The zero-order valence-corrected chi connectivity index (χ0v) is 15.8. The monoisotopic (exact) mass is 396 g/mol. The smallest absolute Gasteiger partial charge is 0.276 e. The summed E-state index contributed by atoms with van der Waals surface area (Å²) in [5.41, 5.74) is 1.28. The molecule has 0 saturated heterocycles. The van der Waals surface area contributed by atoms with Crippen molar-refractivity contribution < 1.29 is 19.1 Å². The highest BCUT2D eigenvalue weighted by atomic mass is 19.1. The van der Waals surface area contributed by atoms with Crippen LogP contribution in [0.3, 0.4) is 0 Å². The first-order chi connectivity index (χ1) is 14.0. The van der Waals surface area contributed by atoms with Gasteiger partial charge >= 0.3 is 0 Å². The van der Waals surface area contributed by atoms with Crippen LogP contribution in [0.2, 0.25) is 0 Å². The predicted octanol–water partition coefficient (Wildman–Crippen LogP) is 2.76. The number of aliphatic hydroxyl groups is 1. The number of halogens is 1. The Morgan fingerprint density at radius 3 is 2.48 bits per heavy atom. The van der Waals surface area contributed by atoms with Gasteiger partial charge in [-0.25, -0.2) is 9.07 Å². The van der Waals surface area contributed by atoms with Crippen molar-refractivity contribution >= 4 is 17.5 Å². The molecule has 1 heterocycles. The Morgan fingerprint density at radius 1 is 1.10 bits per heavy atom. The van der Waals surface area contributed by atoms with Crippen molar-refractivity contribution in [3.8, 4) is 5.69 Å². The minimum absolute atomic E-state index is 0.129. The number of nitrogens with one attached hydrogen (secondary N) is 2. The largest absolute Gasteiger partial charge is 0.394 e. The molecule has 7 nitrogen and oxygen atoms in total. The van der Waals surface area contributed by atoms with E-state index < -0.39 is 11.7 Å². The molecule has 3 rings (SSSR count). The normalized spacial score (nSPS) is 11.7. The standard InChI is InChI=1S/C21H21FN4O3/c1-2-15(13-27)23-20(28)14-7-9-16(10-8-14)24-21(29)18-11-12-26(25-18)19-6-4-3-5-17(19)22/h3-12,15,27H,2,13H2,1H3,(H,23,28)(H,24,29)/t15-/m0/s1. The second-order valence-corrected chi connectivity index (χ2v) is 6.39. The van der Waals surface area contributed by atoms with Crippen molar-refractivity contribution in [2.24, 2.45) is 0 Å². The number of aromatic nitrogens is 2. The summed E-state index contributed by atoms with van der Waals surface area (Å²) in [5.74, 6) is -1.20. The summed E-state index contributed by atoms with van der Waals surface area (Å²) in [7, 11) is 0. The van der Waals surface area contributed by atoms with Crippen LogP contribution in [0, 0.1) is 5.82 Å². The lowest BCUT2D eigenvalue weighted by atomic mass is 10.1. The van der Waals surface area contributed by atoms with Crippen LogP contribution in [-0.2, 0) is 0 Å². The van der Waals surface area contributed by atoms with E-state index in [1.807, 2.05) is 6.92 Å². The molecule has 0 spiro atoms. The third-order valence-electron chi connectivity index (χ3n) is 4.37. The molecule has 1 atom stereocenters. The van der Waals surface area contributed by atoms with Gasteiger partial charge in [-0.05, 0) is 48.9 Å². The van der Waals surface area contributed by atoms with Crippen LogP contribution in [0.4, 0.5) is 10.1 Å². The molecule has 0 fully saturated rings. The van der Waals surface area contributed by atoms with Gasteiger partial charge in [-0.3, -0.25) is 9.59 Å². The van der Waals surface area contributed by atoms with Crippen LogP contribution in [-0.4, -0.2) is 39.4 Å². The SMILES string of the molecule is CC[C@@H](CO)NC(=O)c1ccc(NC(=O)c2ccn(-c3ccccc3F)n2)cc1. The van der Waals surface area contributed by atoms with E-state index in [0.29, 0.717) is 17.7 Å². The molecule has 3 N–H and O–H groups in total. The number of hydrogen-bond donors (Lipinski definition) is 3. The van der Waals surface area contributed by atoms with Gasteiger partial charge in [-0.2, -0.15) is 5.10 Å². The van der Waals surface area contributed by atoms with Gasteiger partial charge in [0.25, 0.3) is 11.8 Å².